The molecule has 3 aromatic rings. The third-order valence-corrected chi connectivity index (χ3v) is 5.89. The van der Waals surface area contributed by atoms with E-state index in [1.54, 1.807) is 19.2 Å². The number of fused-ring (bicyclic) bond motifs is 1. The lowest BCUT2D eigenvalue weighted by molar-refractivity contribution is 0.0958. The van der Waals surface area contributed by atoms with E-state index in [4.69, 9.17) is 0 Å². The number of rotatable bonds is 5. The highest BCUT2D eigenvalue weighted by Gasteiger charge is 2.21. The van der Waals surface area contributed by atoms with Crippen LogP contribution in [0.4, 0.5) is 4.39 Å². The molecule has 4 heterocycles. The molecule has 0 saturated heterocycles. The van der Waals surface area contributed by atoms with E-state index in [1.807, 2.05) is 13.0 Å². The minimum atomic E-state index is -0.528. The molecule has 0 spiro atoms. The molecule has 0 fully saturated rings. The van der Waals surface area contributed by atoms with Gasteiger partial charge in [-0.05, 0) is 35.6 Å². The SMILES string of the molecule is CCc1cc2ncc(Cc3nc(C(=O)NC)ccc3C3=CCNCC3C)c(F)c2[nH]c1=O. The number of H-pyrrole nitrogens is 1. The molecule has 0 saturated carbocycles. The lowest BCUT2D eigenvalue weighted by atomic mass is 9.88. The van der Waals surface area contributed by atoms with Crippen molar-refractivity contribution in [3.63, 3.8) is 0 Å². The van der Waals surface area contributed by atoms with E-state index in [1.165, 1.54) is 6.20 Å². The Morgan fingerprint density at radius 2 is 2.12 bits per heavy atom. The normalized spacial score (nSPS) is 16.1. The van der Waals surface area contributed by atoms with E-state index in [-0.39, 0.29) is 35.0 Å². The van der Waals surface area contributed by atoms with Crippen molar-refractivity contribution < 1.29 is 9.18 Å². The van der Waals surface area contributed by atoms with E-state index < -0.39 is 5.82 Å². The first-order valence-corrected chi connectivity index (χ1v) is 10.7. The molecule has 8 heteroatoms. The smallest absolute Gasteiger partial charge is 0.269 e. The average molecular weight is 436 g/mol. The number of carbonyl (C=O) groups is 1. The van der Waals surface area contributed by atoms with Gasteiger partial charge in [0.2, 0.25) is 0 Å². The van der Waals surface area contributed by atoms with E-state index in [9.17, 15) is 9.59 Å². The molecule has 0 bridgehead atoms. The number of nitrogens with zero attached hydrogens (tertiary/aromatic N) is 2. The maximum atomic E-state index is 15.4. The van der Waals surface area contributed by atoms with Gasteiger partial charge in [0.1, 0.15) is 11.2 Å². The van der Waals surface area contributed by atoms with Crippen LogP contribution in [0.5, 0.6) is 0 Å². The van der Waals surface area contributed by atoms with E-state index in [0.717, 1.165) is 24.2 Å². The molecule has 1 atom stereocenters. The molecule has 32 heavy (non-hydrogen) atoms. The van der Waals surface area contributed by atoms with Crippen molar-refractivity contribution in [1.82, 2.24) is 25.6 Å². The first-order chi connectivity index (χ1) is 15.4. The molecule has 1 aliphatic rings. The predicted octanol–water partition coefficient (Wildman–Crippen LogP) is 2.59. The Hall–Kier alpha value is -3.39. The zero-order chi connectivity index (χ0) is 22.8. The maximum Gasteiger partial charge on any atom is 0.269 e. The number of amides is 1. The number of aromatic nitrogens is 3. The van der Waals surface area contributed by atoms with E-state index in [0.29, 0.717) is 28.8 Å². The summed E-state index contributed by atoms with van der Waals surface area (Å²) in [5.74, 6) is -0.586. The number of hydrogen-bond donors (Lipinski definition) is 3. The Morgan fingerprint density at radius 1 is 1.31 bits per heavy atom. The average Bonchev–Trinajstić information content (AvgIpc) is 2.81. The van der Waals surface area contributed by atoms with Crippen LogP contribution in [0.25, 0.3) is 16.6 Å². The summed E-state index contributed by atoms with van der Waals surface area (Å²) in [6.45, 7) is 5.55. The minimum Gasteiger partial charge on any atom is -0.354 e. The summed E-state index contributed by atoms with van der Waals surface area (Å²) < 4.78 is 15.4. The van der Waals surface area contributed by atoms with Gasteiger partial charge < -0.3 is 15.6 Å². The summed E-state index contributed by atoms with van der Waals surface area (Å²) in [7, 11) is 1.54. The first-order valence-electron chi connectivity index (χ1n) is 10.7. The lowest BCUT2D eigenvalue weighted by Gasteiger charge is -2.23. The highest BCUT2D eigenvalue weighted by Crippen LogP contribution is 2.29. The molecule has 7 nitrogen and oxygen atoms in total. The van der Waals surface area contributed by atoms with Gasteiger partial charge >= 0.3 is 0 Å². The van der Waals surface area contributed by atoms with E-state index >= 15 is 4.39 Å². The first kappa shape index (κ1) is 21.8. The van der Waals surface area contributed by atoms with Crippen molar-refractivity contribution in [3.8, 4) is 0 Å². The summed E-state index contributed by atoms with van der Waals surface area (Å²) in [6, 6.07) is 5.19. The van der Waals surface area contributed by atoms with Gasteiger partial charge in [-0.15, -0.1) is 0 Å². The molecular formula is C24H26FN5O2. The molecule has 3 aromatic heterocycles. The second-order valence-corrected chi connectivity index (χ2v) is 8.00. The highest BCUT2D eigenvalue weighted by molar-refractivity contribution is 5.92. The van der Waals surface area contributed by atoms with Crippen molar-refractivity contribution in [2.45, 2.75) is 26.7 Å². The van der Waals surface area contributed by atoms with Gasteiger partial charge in [-0.1, -0.05) is 26.0 Å². The number of carbonyl (C=O) groups excluding carboxylic acids is 1. The maximum absolute atomic E-state index is 15.4. The standard InChI is InChI=1S/C24H26FN5O2/c1-4-14-9-20-22(30-23(14)31)21(25)15(12-28-20)10-19-17(16-7-8-27-11-13(16)2)5-6-18(29-19)24(32)26-3/h5-7,9,12-13,27H,4,8,10-11H2,1-3H3,(H,26,32)(H,30,31). The van der Waals surface area contributed by atoms with Gasteiger partial charge in [0.05, 0.1) is 11.2 Å². The third-order valence-electron chi connectivity index (χ3n) is 5.89. The fourth-order valence-electron chi connectivity index (χ4n) is 4.08. The van der Waals surface area contributed by atoms with Crippen molar-refractivity contribution in [2.75, 3.05) is 20.1 Å². The summed E-state index contributed by atoms with van der Waals surface area (Å²) in [5, 5.41) is 5.90. The largest absolute Gasteiger partial charge is 0.354 e. The zero-order valence-electron chi connectivity index (χ0n) is 18.4. The van der Waals surface area contributed by atoms with Gasteiger partial charge in [0.15, 0.2) is 5.82 Å². The van der Waals surface area contributed by atoms with Gasteiger partial charge in [0.25, 0.3) is 11.5 Å². The van der Waals surface area contributed by atoms with E-state index in [2.05, 4.69) is 38.6 Å². The minimum absolute atomic E-state index is 0.0863. The Kier molecular flexibility index (Phi) is 6.14. The molecule has 1 amide bonds. The van der Waals surface area contributed by atoms with Crippen LogP contribution in [0.15, 0.2) is 35.3 Å². The molecule has 1 unspecified atom stereocenters. The number of pyridine rings is 3. The summed E-state index contributed by atoms with van der Waals surface area (Å²) in [4.78, 5) is 36.0. The van der Waals surface area contributed by atoms with Crippen LogP contribution in [-0.4, -0.2) is 41.0 Å². The molecular weight excluding hydrogens is 409 g/mol. The van der Waals surface area contributed by atoms with Crippen molar-refractivity contribution in [1.29, 1.82) is 0 Å². The van der Waals surface area contributed by atoms with Gasteiger partial charge in [-0.3, -0.25) is 14.6 Å². The topological polar surface area (TPSA) is 99.8 Å². The van der Waals surface area contributed by atoms with Crippen molar-refractivity contribution >= 4 is 22.5 Å². The van der Waals surface area contributed by atoms with Crippen LogP contribution in [-0.2, 0) is 12.8 Å². The van der Waals surface area contributed by atoms with Crippen LogP contribution >= 0.6 is 0 Å². The van der Waals surface area contributed by atoms with Crippen molar-refractivity contribution in [3.05, 3.63) is 74.7 Å². The number of aromatic amines is 1. The molecule has 166 valence electrons. The summed E-state index contributed by atoms with van der Waals surface area (Å²) >= 11 is 0. The number of nitrogens with one attached hydrogen (secondary N) is 3. The van der Waals surface area contributed by atoms with Gasteiger partial charge in [0, 0.05) is 43.9 Å². The molecule has 0 aliphatic carbocycles. The number of halogens is 1. The predicted molar refractivity (Wildman–Crippen MR) is 122 cm³/mol. The Labute approximate surface area is 185 Å². The molecule has 0 aromatic carbocycles. The molecule has 1 aliphatic heterocycles. The fourth-order valence-corrected chi connectivity index (χ4v) is 4.08. The van der Waals surface area contributed by atoms with Crippen LogP contribution in [0.1, 0.15) is 46.7 Å². The van der Waals surface area contributed by atoms with Gasteiger partial charge in [-0.25, -0.2) is 9.37 Å². The number of hydrogen-bond acceptors (Lipinski definition) is 5. The Bertz CT molecular complexity index is 1280. The second kappa shape index (κ2) is 9.00. The fraction of sp³-hybridized carbons (Fsp3) is 0.333. The van der Waals surface area contributed by atoms with Crippen LogP contribution in [0, 0.1) is 11.7 Å². The zero-order valence-corrected chi connectivity index (χ0v) is 18.4. The van der Waals surface area contributed by atoms with Crippen LogP contribution in [0.3, 0.4) is 0 Å². The van der Waals surface area contributed by atoms with Gasteiger partial charge in [-0.2, -0.15) is 0 Å². The summed E-state index contributed by atoms with van der Waals surface area (Å²) in [6.07, 6.45) is 4.27. The third kappa shape index (κ3) is 4.05. The highest BCUT2D eigenvalue weighted by atomic mass is 19.1. The Morgan fingerprint density at radius 3 is 2.84 bits per heavy atom. The second-order valence-electron chi connectivity index (χ2n) is 8.00. The lowest BCUT2D eigenvalue weighted by Crippen LogP contribution is -2.27. The van der Waals surface area contributed by atoms with Crippen LogP contribution in [0.2, 0.25) is 0 Å². The van der Waals surface area contributed by atoms with Crippen LogP contribution < -0.4 is 16.2 Å². The molecule has 0 radical (unpaired) electrons. The monoisotopic (exact) mass is 435 g/mol. The quantitative estimate of drug-likeness (QED) is 0.572. The molecule has 3 N–H and O–H groups in total. The summed E-state index contributed by atoms with van der Waals surface area (Å²) in [5.41, 5.74) is 3.92. The molecule has 4 rings (SSSR count). The van der Waals surface area contributed by atoms with Crippen molar-refractivity contribution in [2.24, 2.45) is 5.92 Å². The number of aryl methyl sites for hydroxylation is 1. The Balaban J connectivity index is 1.82.